The van der Waals surface area contributed by atoms with Crippen LogP contribution >= 0.6 is 11.3 Å². The predicted octanol–water partition coefficient (Wildman–Crippen LogP) is 5.79. The molecule has 2 aromatic carbocycles. The zero-order valence-electron chi connectivity index (χ0n) is 15.6. The number of nitriles is 1. The molecule has 0 unspecified atom stereocenters. The van der Waals surface area contributed by atoms with Gasteiger partial charge in [-0.2, -0.15) is 5.26 Å². The van der Waals surface area contributed by atoms with E-state index in [1.165, 1.54) is 16.2 Å². The van der Waals surface area contributed by atoms with Crippen LogP contribution in [-0.2, 0) is 12.8 Å². The van der Waals surface area contributed by atoms with E-state index in [4.69, 9.17) is 4.74 Å². The number of para-hydroxylation sites is 2. The van der Waals surface area contributed by atoms with Gasteiger partial charge in [-0.25, -0.2) is 0 Å². The summed E-state index contributed by atoms with van der Waals surface area (Å²) in [7, 11) is 0. The molecule has 1 aromatic heterocycles. The zero-order chi connectivity index (χ0) is 19.5. The summed E-state index contributed by atoms with van der Waals surface area (Å²) in [5.41, 5.74) is 2.16. The fraction of sp³-hybridized carbons (Fsp3) is 0.217. The fourth-order valence-electron chi connectivity index (χ4n) is 3.49. The number of hydrogen-bond donors (Lipinski definition) is 1. The number of carbonyl (C=O) groups is 1. The van der Waals surface area contributed by atoms with Crippen LogP contribution in [0, 0.1) is 17.2 Å². The second kappa shape index (κ2) is 7.87. The number of amides is 1. The molecular formula is C23H20N2O2S. The van der Waals surface area contributed by atoms with Gasteiger partial charge >= 0.3 is 0 Å². The van der Waals surface area contributed by atoms with Gasteiger partial charge in [0.1, 0.15) is 22.6 Å². The third kappa shape index (κ3) is 3.64. The van der Waals surface area contributed by atoms with Crippen LogP contribution in [0.4, 0.5) is 5.00 Å². The van der Waals surface area contributed by atoms with Gasteiger partial charge in [0, 0.05) is 4.88 Å². The van der Waals surface area contributed by atoms with Gasteiger partial charge in [0.2, 0.25) is 0 Å². The SMILES string of the molecule is C[C@H]1CCc2sc(NC(=O)c3ccccc3Oc3ccccc3)c(C#N)c2C1. The van der Waals surface area contributed by atoms with Crippen molar-refractivity contribution in [1.29, 1.82) is 5.26 Å². The molecule has 0 saturated heterocycles. The fourth-order valence-corrected chi connectivity index (χ4v) is 4.68. The van der Waals surface area contributed by atoms with Gasteiger partial charge in [-0.3, -0.25) is 4.79 Å². The highest BCUT2D eigenvalue weighted by Crippen LogP contribution is 2.39. The number of anilines is 1. The molecule has 1 aliphatic carbocycles. The standard InChI is InChI=1S/C23H20N2O2S/c1-15-11-12-21-18(13-15)19(14-24)23(28-21)25-22(26)17-9-5-6-10-20(17)27-16-7-3-2-4-8-16/h2-10,15H,11-13H2,1H3,(H,25,26)/t15-/m0/s1. The lowest BCUT2D eigenvalue weighted by atomic mass is 9.88. The van der Waals surface area contributed by atoms with Crippen molar-refractivity contribution in [2.45, 2.75) is 26.2 Å². The maximum absolute atomic E-state index is 13.0. The number of hydrogen-bond acceptors (Lipinski definition) is 4. The number of nitrogens with one attached hydrogen (secondary N) is 1. The van der Waals surface area contributed by atoms with Crippen LogP contribution in [0.15, 0.2) is 54.6 Å². The Balaban J connectivity index is 1.61. The minimum atomic E-state index is -0.269. The highest BCUT2D eigenvalue weighted by Gasteiger charge is 2.25. The van der Waals surface area contributed by atoms with E-state index in [0.717, 1.165) is 24.8 Å². The summed E-state index contributed by atoms with van der Waals surface area (Å²) in [5.74, 6) is 1.45. The average Bonchev–Trinajstić information content (AvgIpc) is 3.05. The Morgan fingerprint density at radius 2 is 1.93 bits per heavy atom. The van der Waals surface area contributed by atoms with Crippen molar-refractivity contribution < 1.29 is 9.53 Å². The first kappa shape index (κ1) is 18.3. The topological polar surface area (TPSA) is 62.1 Å². The van der Waals surface area contributed by atoms with E-state index >= 15 is 0 Å². The summed E-state index contributed by atoms with van der Waals surface area (Å²) < 4.78 is 5.90. The zero-order valence-corrected chi connectivity index (χ0v) is 16.4. The molecule has 140 valence electrons. The van der Waals surface area contributed by atoms with Crippen molar-refractivity contribution >= 4 is 22.2 Å². The molecule has 4 nitrogen and oxygen atoms in total. The normalized spacial score (nSPS) is 15.4. The van der Waals surface area contributed by atoms with E-state index in [1.54, 1.807) is 18.2 Å². The maximum Gasteiger partial charge on any atom is 0.260 e. The lowest BCUT2D eigenvalue weighted by Crippen LogP contribution is -2.13. The molecule has 1 amide bonds. The van der Waals surface area contributed by atoms with Gasteiger partial charge < -0.3 is 10.1 Å². The minimum Gasteiger partial charge on any atom is -0.457 e. The van der Waals surface area contributed by atoms with Gasteiger partial charge in [-0.1, -0.05) is 37.3 Å². The van der Waals surface area contributed by atoms with Gasteiger partial charge in [-0.15, -0.1) is 11.3 Å². The first-order chi connectivity index (χ1) is 13.7. The number of ether oxygens (including phenoxy) is 1. The Labute approximate surface area is 168 Å². The molecule has 1 heterocycles. The minimum absolute atomic E-state index is 0.269. The molecule has 0 aliphatic heterocycles. The third-order valence-electron chi connectivity index (χ3n) is 4.95. The first-order valence-electron chi connectivity index (χ1n) is 9.33. The van der Waals surface area contributed by atoms with Crippen molar-refractivity contribution in [3.05, 3.63) is 76.2 Å². The van der Waals surface area contributed by atoms with Crippen LogP contribution in [0.2, 0.25) is 0 Å². The largest absolute Gasteiger partial charge is 0.457 e. The molecule has 0 radical (unpaired) electrons. The van der Waals surface area contributed by atoms with Gasteiger partial charge in [0.15, 0.2) is 0 Å². The predicted molar refractivity (Wildman–Crippen MR) is 111 cm³/mol. The molecule has 28 heavy (non-hydrogen) atoms. The molecule has 0 fully saturated rings. The molecule has 0 saturated carbocycles. The van der Waals surface area contributed by atoms with Crippen molar-refractivity contribution in [3.8, 4) is 17.6 Å². The lowest BCUT2D eigenvalue weighted by molar-refractivity contribution is 0.102. The van der Waals surface area contributed by atoms with Crippen LogP contribution < -0.4 is 10.1 Å². The summed E-state index contributed by atoms with van der Waals surface area (Å²) >= 11 is 1.53. The van der Waals surface area contributed by atoms with Crippen molar-refractivity contribution in [1.82, 2.24) is 0 Å². The quantitative estimate of drug-likeness (QED) is 0.615. The summed E-state index contributed by atoms with van der Waals surface area (Å²) in [6.45, 7) is 2.21. The second-order valence-corrected chi connectivity index (χ2v) is 8.14. The molecule has 4 rings (SSSR count). The number of benzene rings is 2. The Hall–Kier alpha value is -3.10. The molecule has 3 aromatic rings. The smallest absolute Gasteiger partial charge is 0.260 e. The lowest BCUT2D eigenvalue weighted by Gasteiger charge is -2.17. The number of rotatable bonds is 4. The molecule has 1 aliphatic rings. The van der Waals surface area contributed by atoms with Crippen LogP contribution in [0.25, 0.3) is 0 Å². The average molecular weight is 388 g/mol. The third-order valence-corrected chi connectivity index (χ3v) is 6.16. The number of aryl methyl sites for hydroxylation is 1. The Morgan fingerprint density at radius 1 is 1.18 bits per heavy atom. The Morgan fingerprint density at radius 3 is 2.71 bits per heavy atom. The molecular weight excluding hydrogens is 368 g/mol. The summed E-state index contributed by atoms with van der Waals surface area (Å²) in [4.78, 5) is 14.2. The molecule has 0 bridgehead atoms. The van der Waals surface area contributed by atoms with Crippen molar-refractivity contribution in [2.24, 2.45) is 5.92 Å². The molecule has 1 atom stereocenters. The van der Waals surface area contributed by atoms with E-state index in [0.29, 0.717) is 33.5 Å². The molecule has 0 spiro atoms. The van der Waals surface area contributed by atoms with Crippen LogP contribution in [0.5, 0.6) is 11.5 Å². The van der Waals surface area contributed by atoms with Crippen LogP contribution in [-0.4, -0.2) is 5.91 Å². The Kier molecular flexibility index (Phi) is 5.14. The van der Waals surface area contributed by atoms with Crippen molar-refractivity contribution in [3.63, 3.8) is 0 Å². The molecule has 1 N–H and O–H groups in total. The summed E-state index contributed by atoms with van der Waals surface area (Å²) in [5, 5.41) is 13.3. The van der Waals surface area contributed by atoms with E-state index in [-0.39, 0.29) is 5.91 Å². The van der Waals surface area contributed by atoms with E-state index in [1.807, 2.05) is 36.4 Å². The van der Waals surface area contributed by atoms with Gasteiger partial charge in [0.25, 0.3) is 5.91 Å². The number of carbonyl (C=O) groups excluding carboxylic acids is 1. The molecule has 5 heteroatoms. The van der Waals surface area contributed by atoms with E-state index in [2.05, 4.69) is 18.3 Å². The number of fused-ring (bicyclic) bond motifs is 1. The van der Waals surface area contributed by atoms with E-state index in [9.17, 15) is 10.1 Å². The second-order valence-electron chi connectivity index (χ2n) is 7.03. The Bertz CT molecular complexity index is 1050. The first-order valence-corrected chi connectivity index (χ1v) is 10.1. The van der Waals surface area contributed by atoms with Crippen molar-refractivity contribution in [2.75, 3.05) is 5.32 Å². The summed E-state index contributed by atoms with van der Waals surface area (Å²) in [6, 6.07) is 18.8. The highest BCUT2D eigenvalue weighted by atomic mass is 32.1. The number of nitrogens with zero attached hydrogens (tertiary/aromatic N) is 1. The van der Waals surface area contributed by atoms with E-state index < -0.39 is 0 Å². The van der Waals surface area contributed by atoms with Crippen LogP contribution in [0.1, 0.15) is 39.7 Å². The summed E-state index contributed by atoms with van der Waals surface area (Å²) in [6.07, 6.45) is 3.00. The van der Waals surface area contributed by atoms with Crippen LogP contribution in [0.3, 0.4) is 0 Å². The maximum atomic E-state index is 13.0. The highest BCUT2D eigenvalue weighted by molar-refractivity contribution is 7.16. The number of thiophene rings is 1. The van der Waals surface area contributed by atoms with Gasteiger partial charge in [-0.05, 0) is 55.0 Å². The van der Waals surface area contributed by atoms with Gasteiger partial charge in [0.05, 0.1) is 11.1 Å². The monoisotopic (exact) mass is 388 g/mol.